The van der Waals surface area contributed by atoms with Gasteiger partial charge in [0.1, 0.15) is 12.4 Å². The number of unbranched alkanes of at least 4 members (excludes halogenated alkanes) is 2. The van der Waals surface area contributed by atoms with Crippen molar-refractivity contribution < 1.29 is 9.59 Å². The van der Waals surface area contributed by atoms with Gasteiger partial charge in [-0.2, -0.15) is 0 Å². The Bertz CT molecular complexity index is 1100. The highest BCUT2D eigenvalue weighted by atomic mass is 16.2. The van der Waals surface area contributed by atoms with Crippen LogP contribution in [0, 0.1) is 5.92 Å². The van der Waals surface area contributed by atoms with Crippen LogP contribution in [0.2, 0.25) is 0 Å². The summed E-state index contributed by atoms with van der Waals surface area (Å²) in [5, 5.41) is 3.08. The van der Waals surface area contributed by atoms with Crippen molar-refractivity contribution in [1.29, 1.82) is 0 Å². The van der Waals surface area contributed by atoms with Gasteiger partial charge in [0.05, 0.1) is 11.0 Å². The van der Waals surface area contributed by atoms with Gasteiger partial charge >= 0.3 is 0 Å². The van der Waals surface area contributed by atoms with E-state index < -0.39 is 0 Å². The molecule has 0 aliphatic heterocycles. The topological polar surface area (TPSA) is 67.2 Å². The number of aromatic nitrogens is 2. The van der Waals surface area contributed by atoms with Crippen molar-refractivity contribution in [2.75, 3.05) is 6.54 Å². The van der Waals surface area contributed by atoms with Gasteiger partial charge in [0, 0.05) is 31.5 Å². The molecule has 3 rings (SSSR count). The second-order valence-electron chi connectivity index (χ2n) is 9.82. The maximum Gasteiger partial charge on any atom is 0.243 e. The fourth-order valence-corrected chi connectivity index (χ4v) is 4.66. The van der Waals surface area contributed by atoms with Crippen LogP contribution >= 0.6 is 0 Å². The average molecular weight is 491 g/mol. The Hall–Kier alpha value is -3.15. The van der Waals surface area contributed by atoms with Gasteiger partial charge in [0.25, 0.3) is 0 Å². The summed E-state index contributed by atoms with van der Waals surface area (Å²) >= 11 is 0. The Kier molecular flexibility index (Phi) is 10.5. The average Bonchev–Trinajstić information content (AvgIpc) is 3.22. The van der Waals surface area contributed by atoms with E-state index in [0.29, 0.717) is 13.1 Å². The molecule has 1 N–H and O–H groups in total. The van der Waals surface area contributed by atoms with Crippen molar-refractivity contribution >= 4 is 22.8 Å². The molecule has 194 valence electrons. The molecule has 1 aromatic heterocycles. The van der Waals surface area contributed by atoms with Crippen molar-refractivity contribution in [3.63, 3.8) is 0 Å². The fraction of sp³-hybridized carbons (Fsp3) is 0.500. The van der Waals surface area contributed by atoms with Gasteiger partial charge < -0.3 is 14.8 Å². The SMILES string of the molecule is CCC(CC)C(=O)NCCCCCc1nc2ccccc2n1CC(=O)N(Cc1ccccc1)C(C)C. The lowest BCUT2D eigenvalue weighted by Gasteiger charge is -2.27. The molecule has 6 heteroatoms. The Labute approximate surface area is 216 Å². The molecule has 0 bridgehead atoms. The van der Waals surface area contributed by atoms with Gasteiger partial charge in [0.2, 0.25) is 11.8 Å². The summed E-state index contributed by atoms with van der Waals surface area (Å²) in [6, 6.07) is 18.3. The number of carbonyl (C=O) groups is 2. The number of fused-ring (bicyclic) bond motifs is 1. The lowest BCUT2D eigenvalue weighted by atomic mass is 10.0. The van der Waals surface area contributed by atoms with Gasteiger partial charge in [-0.05, 0) is 57.2 Å². The summed E-state index contributed by atoms with van der Waals surface area (Å²) in [6.07, 6.45) is 5.50. The third kappa shape index (κ3) is 7.42. The quantitative estimate of drug-likeness (QED) is 0.293. The molecule has 3 aromatic rings. The molecule has 1 heterocycles. The summed E-state index contributed by atoms with van der Waals surface area (Å²) < 4.78 is 2.09. The van der Waals surface area contributed by atoms with Crippen LogP contribution in [0.4, 0.5) is 0 Å². The van der Waals surface area contributed by atoms with Crippen molar-refractivity contribution in [2.45, 2.75) is 85.4 Å². The van der Waals surface area contributed by atoms with Gasteiger partial charge in [0.15, 0.2) is 0 Å². The van der Waals surface area contributed by atoms with Gasteiger partial charge in [-0.15, -0.1) is 0 Å². The number of nitrogens with one attached hydrogen (secondary N) is 1. The Morgan fingerprint density at radius 3 is 2.33 bits per heavy atom. The number of hydrogen-bond donors (Lipinski definition) is 1. The molecule has 0 atom stereocenters. The van der Waals surface area contributed by atoms with Crippen LogP contribution in [0.25, 0.3) is 11.0 Å². The van der Waals surface area contributed by atoms with Crippen LogP contribution < -0.4 is 5.32 Å². The summed E-state index contributed by atoms with van der Waals surface area (Å²) in [5.74, 6) is 1.34. The van der Waals surface area contributed by atoms with E-state index in [0.717, 1.165) is 60.9 Å². The first-order valence-corrected chi connectivity index (χ1v) is 13.5. The van der Waals surface area contributed by atoms with E-state index in [1.807, 2.05) is 47.4 Å². The molecule has 0 saturated heterocycles. The number of hydrogen-bond acceptors (Lipinski definition) is 3. The number of amides is 2. The molecular formula is C30H42N4O2. The zero-order valence-corrected chi connectivity index (χ0v) is 22.4. The highest BCUT2D eigenvalue weighted by Crippen LogP contribution is 2.19. The summed E-state index contributed by atoms with van der Waals surface area (Å²) in [6.45, 7) is 9.85. The lowest BCUT2D eigenvalue weighted by molar-refractivity contribution is -0.134. The molecule has 0 aliphatic rings. The van der Waals surface area contributed by atoms with Crippen LogP contribution in [0.15, 0.2) is 54.6 Å². The minimum Gasteiger partial charge on any atom is -0.356 e. The first-order chi connectivity index (χ1) is 17.4. The second kappa shape index (κ2) is 13.8. The van der Waals surface area contributed by atoms with Crippen molar-refractivity contribution in [3.05, 3.63) is 66.0 Å². The van der Waals surface area contributed by atoms with Gasteiger partial charge in [-0.1, -0.05) is 62.7 Å². The van der Waals surface area contributed by atoms with E-state index in [1.165, 1.54) is 0 Å². The molecular weight excluding hydrogens is 448 g/mol. The van der Waals surface area contributed by atoms with Gasteiger partial charge in [-0.3, -0.25) is 9.59 Å². The third-order valence-corrected chi connectivity index (χ3v) is 6.90. The van der Waals surface area contributed by atoms with Crippen LogP contribution in [0.1, 0.15) is 71.2 Å². The van der Waals surface area contributed by atoms with E-state index in [9.17, 15) is 9.59 Å². The van der Waals surface area contributed by atoms with Crippen LogP contribution in [-0.2, 0) is 29.1 Å². The number of para-hydroxylation sites is 2. The third-order valence-electron chi connectivity index (χ3n) is 6.90. The molecule has 0 saturated carbocycles. The predicted octanol–water partition coefficient (Wildman–Crippen LogP) is 5.74. The fourth-order valence-electron chi connectivity index (χ4n) is 4.66. The van der Waals surface area contributed by atoms with Crippen molar-refractivity contribution in [2.24, 2.45) is 5.92 Å². The number of benzene rings is 2. The molecule has 0 radical (unpaired) electrons. The first-order valence-electron chi connectivity index (χ1n) is 13.5. The van der Waals surface area contributed by atoms with Crippen molar-refractivity contribution in [1.82, 2.24) is 19.8 Å². The van der Waals surface area contributed by atoms with Gasteiger partial charge in [-0.25, -0.2) is 4.98 Å². The van der Waals surface area contributed by atoms with E-state index in [-0.39, 0.29) is 30.3 Å². The maximum atomic E-state index is 13.5. The number of nitrogens with zero attached hydrogens (tertiary/aromatic N) is 3. The number of aryl methyl sites for hydroxylation is 1. The second-order valence-corrected chi connectivity index (χ2v) is 9.82. The van der Waals surface area contributed by atoms with E-state index in [4.69, 9.17) is 4.98 Å². The number of imidazole rings is 1. The maximum absolute atomic E-state index is 13.5. The van der Waals surface area contributed by atoms with Crippen LogP contribution in [0.3, 0.4) is 0 Å². The van der Waals surface area contributed by atoms with Crippen molar-refractivity contribution in [3.8, 4) is 0 Å². The largest absolute Gasteiger partial charge is 0.356 e. The van der Waals surface area contributed by atoms with E-state index in [1.54, 1.807) is 0 Å². The van der Waals surface area contributed by atoms with E-state index in [2.05, 4.69) is 49.7 Å². The molecule has 0 fully saturated rings. The lowest BCUT2D eigenvalue weighted by Crippen LogP contribution is -2.38. The molecule has 6 nitrogen and oxygen atoms in total. The normalized spacial score (nSPS) is 11.4. The molecule has 0 aliphatic carbocycles. The van der Waals surface area contributed by atoms with E-state index >= 15 is 0 Å². The molecule has 2 amide bonds. The highest BCUT2D eigenvalue weighted by molar-refractivity contribution is 5.81. The number of carbonyl (C=O) groups excluding carboxylic acids is 2. The zero-order chi connectivity index (χ0) is 25.9. The molecule has 2 aromatic carbocycles. The molecule has 0 spiro atoms. The zero-order valence-electron chi connectivity index (χ0n) is 22.4. The first kappa shape index (κ1) is 27.4. The van der Waals surface area contributed by atoms with Crippen LogP contribution in [0.5, 0.6) is 0 Å². The Balaban J connectivity index is 1.62. The summed E-state index contributed by atoms with van der Waals surface area (Å²) in [7, 11) is 0. The minimum absolute atomic E-state index is 0.0994. The summed E-state index contributed by atoms with van der Waals surface area (Å²) in [4.78, 5) is 32.4. The highest BCUT2D eigenvalue weighted by Gasteiger charge is 2.21. The minimum atomic E-state index is 0.0994. The smallest absolute Gasteiger partial charge is 0.243 e. The summed E-state index contributed by atoms with van der Waals surface area (Å²) in [5.41, 5.74) is 3.06. The van der Waals surface area contributed by atoms with Crippen LogP contribution in [-0.4, -0.2) is 38.9 Å². The number of rotatable bonds is 14. The standard InChI is InChI=1S/C30H42N4O2/c1-5-25(6-2)30(36)31-20-14-8-11-19-28-32-26-17-12-13-18-27(26)34(28)22-29(35)33(23(3)4)21-24-15-9-7-10-16-24/h7,9-10,12-13,15-18,23,25H,5-6,8,11,14,19-22H2,1-4H3,(H,31,36). The Morgan fingerprint density at radius 1 is 0.944 bits per heavy atom. The Morgan fingerprint density at radius 2 is 1.64 bits per heavy atom. The monoisotopic (exact) mass is 490 g/mol. The molecule has 36 heavy (non-hydrogen) atoms. The molecule has 0 unspecified atom stereocenters. The predicted molar refractivity (Wildman–Crippen MR) is 146 cm³/mol.